The maximum atomic E-state index is 11.8. The van der Waals surface area contributed by atoms with Crippen molar-refractivity contribution >= 4 is 36.3 Å². The Bertz CT molecular complexity index is 431. The van der Waals surface area contributed by atoms with Crippen molar-refractivity contribution < 1.29 is 29.4 Å². The van der Waals surface area contributed by atoms with E-state index in [0.717, 1.165) is 0 Å². The van der Waals surface area contributed by atoms with E-state index in [1.807, 2.05) is 0 Å². The zero-order valence-electron chi connectivity index (χ0n) is 11.9. The molecular weight excluding hydrogens is 316 g/mol. The number of thiol groups is 1. The Kier molecular flexibility index (Phi) is 9.13. The number of carboxylic acid groups (broad SMARTS) is 1. The third-order valence-electron chi connectivity index (χ3n) is 2.50. The molecule has 3 amide bonds. The Morgan fingerprint density at radius 3 is 2.18 bits per heavy atom. The molecular formula is C11H20N4O6S. The van der Waals surface area contributed by atoms with Crippen molar-refractivity contribution in [2.24, 2.45) is 5.73 Å². The largest absolute Gasteiger partial charge is 0.480 e. The van der Waals surface area contributed by atoms with Gasteiger partial charge in [-0.2, -0.15) is 12.6 Å². The van der Waals surface area contributed by atoms with Crippen molar-refractivity contribution in [3.05, 3.63) is 0 Å². The molecule has 0 fully saturated rings. The Morgan fingerprint density at radius 2 is 1.73 bits per heavy atom. The zero-order valence-corrected chi connectivity index (χ0v) is 12.8. The van der Waals surface area contributed by atoms with Gasteiger partial charge in [-0.25, -0.2) is 0 Å². The standard InChI is InChI=1S/C11H20N4O6S/c1-5(16)9(12)11(21)15-6(4-22)10(20)14-2-7(17)13-3-8(18)19/h5-6,9,16,22H,2-4,12H2,1H3,(H,13,17)(H,14,20)(H,15,21)(H,18,19). The number of aliphatic carboxylic acids is 1. The first-order valence-corrected chi connectivity index (χ1v) is 6.93. The number of amides is 3. The molecule has 0 rings (SSSR count). The van der Waals surface area contributed by atoms with Crippen LogP contribution in [0.3, 0.4) is 0 Å². The third kappa shape index (κ3) is 7.81. The molecule has 0 spiro atoms. The Hall–Kier alpha value is -1.85. The Balaban J connectivity index is 4.33. The first kappa shape index (κ1) is 20.1. The zero-order chi connectivity index (χ0) is 17.3. The number of carbonyl (C=O) groups is 4. The van der Waals surface area contributed by atoms with Crippen LogP contribution < -0.4 is 21.7 Å². The normalized spacial score (nSPS) is 14.4. The summed E-state index contributed by atoms with van der Waals surface area (Å²) in [4.78, 5) is 44.9. The summed E-state index contributed by atoms with van der Waals surface area (Å²) in [6.45, 7) is 0.312. The van der Waals surface area contributed by atoms with Crippen LogP contribution in [0.2, 0.25) is 0 Å². The molecule has 0 saturated carbocycles. The summed E-state index contributed by atoms with van der Waals surface area (Å²) >= 11 is 3.91. The van der Waals surface area contributed by atoms with Crippen LogP contribution in [0, 0.1) is 0 Å². The lowest BCUT2D eigenvalue weighted by Gasteiger charge is -2.20. The van der Waals surface area contributed by atoms with Gasteiger partial charge in [0.25, 0.3) is 0 Å². The number of nitrogens with one attached hydrogen (secondary N) is 3. The van der Waals surface area contributed by atoms with Crippen molar-refractivity contribution in [2.75, 3.05) is 18.8 Å². The van der Waals surface area contributed by atoms with Crippen molar-refractivity contribution in [3.8, 4) is 0 Å². The molecule has 0 aromatic carbocycles. The van der Waals surface area contributed by atoms with Crippen LogP contribution in [0.1, 0.15) is 6.92 Å². The number of hydrogen-bond donors (Lipinski definition) is 7. The van der Waals surface area contributed by atoms with Gasteiger partial charge in [-0.05, 0) is 6.92 Å². The van der Waals surface area contributed by atoms with E-state index in [-0.39, 0.29) is 5.75 Å². The van der Waals surface area contributed by atoms with Crippen molar-refractivity contribution in [2.45, 2.75) is 25.1 Å². The van der Waals surface area contributed by atoms with E-state index in [4.69, 9.17) is 10.8 Å². The quantitative estimate of drug-likeness (QED) is 0.213. The van der Waals surface area contributed by atoms with Crippen LogP contribution >= 0.6 is 12.6 Å². The minimum atomic E-state index is -1.22. The number of hydrogen-bond acceptors (Lipinski definition) is 7. The van der Waals surface area contributed by atoms with Crippen molar-refractivity contribution in [3.63, 3.8) is 0 Å². The van der Waals surface area contributed by atoms with Gasteiger partial charge in [0.2, 0.25) is 17.7 Å². The summed E-state index contributed by atoms with van der Waals surface area (Å²) in [5, 5.41) is 24.1. The van der Waals surface area contributed by atoms with Crippen LogP contribution in [-0.2, 0) is 19.2 Å². The Labute approximate surface area is 132 Å². The maximum Gasteiger partial charge on any atom is 0.322 e. The van der Waals surface area contributed by atoms with E-state index in [1.54, 1.807) is 0 Å². The molecule has 0 aliphatic carbocycles. The highest BCUT2D eigenvalue weighted by Gasteiger charge is 2.25. The lowest BCUT2D eigenvalue weighted by atomic mass is 10.1. The van der Waals surface area contributed by atoms with E-state index < -0.39 is 55.0 Å². The van der Waals surface area contributed by atoms with Crippen LogP contribution in [0.25, 0.3) is 0 Å². The van der Waals surface area contributed by atoms with E-state index in [9.17, 15) is 24.3 Å². The van der Waals surface area contributed by atoms with Gasteiger partial charge in [-0.1, -0.05) is 0 Å². The second kappa shape index (κ2) is 9.97. The van der Waals surface area contributed by atoms with Gasteiger partial charge in [0.05, 0.1) is 12.6 Å². The average Bonchev–Trinajstić information content (AvgIpc) is 2.46. The number of nitrogens with two attached hydrogens (primary N) is 1. The smallest absolute Gasteiger partial charge is 0.322 e. The molecule has 0 heterocycles. The molecule has 126 valence electrons. The molecule has 11 heteroatoms. The van der Waals surface area contributed by atoms with Crippen molar-refractivity contribution in [1.82, 2.24) is 16.0 Å². The molecule has 10 nitrogen and oxygen atoms in total. The Morgan fingerprint density at radius 1 is 1.14 bits per heavy atom. The maximum absolute atomic E-state index is 11.8. The van der Waals surface area contributed by atoms with Gasteiger partial charge >= 0.3 is 5.97 Å². The fraction of sp³-hybridized carbons (Fsp3) is 0.636. The van der Waals surface area contributed by atoms with Gasteiger partial charge in [0, 0.05) is 5.75 Å². The summed E-state index contributed by atoms with van der Waals surface area (Å²) < 4.78 is 0. The summed E-state index contributed by atoms with van der Waals surface area (Å²) in [5.74, 6) is -3.39. The van der Waals surface area contributed by atoms with E-state index in [1.165, 1.54) is 6.92 Å². The fourth-order valence-corrected chi connectivity index (χ4v) is 1.47. The second-order valence-corrected chi connectivity index (χ2v) is 4.76. The molecule has 0 bridgehead atoms. The molecule has 0 aliphatic rings. The summed E-state index contributed by atoms with van der Waals surface area (Å²) in [5.41, 5.74) is 5.41. The minimum absolute atomic E-state index is 0.0547. The lowest BCUT2D eigenvalue weighted by Crippen LogP contribution is -2.55. The summed E-state index contributed by atoms with van der Waals surface area (Å²) in [7, 11) is 0. The number of aliphatic hydroxyl groups excluding tert-OH is 1. The lowest BCUT2D eigenvalue weighted by molar-refractivity contribution is -0.138. The highest BCUT2D eigenvalue weighted by molar-refractivity contribution is 7.80. The van der Waals surface area contributed by atoms with E-state index >= 15 is 0 Å². The van der Waals surface area contributed by atoms with E-state index in [0.29, 0.717) is 0 Å². The van der Waals surface area contributed by atoms with Crippen LogP contribution in [0.15, 0.2) is 0 Å². The minimum Gasteiger partial charge on any atom is -0.480 e. The molecule has 0 saturated heterocycles. The monoisotopic (exact) mass is 336 g/mol. The van der Waals surface area contributed by atoms with Gasteiger partial charge < -0.3 is 31.9 Å². The van der Waals surface area contributed by atoms with Crippen molar-refractivity contribution in [1.29, 1.82) is 0 Å². The topological polar surface area (TPSA) is 171 Å². The highest BCUT2D eigenvalue weighted by atomic mass is 32.1. The summed E-state index contributed by atoms with van der Waals surface area (Å²) in [6, 6.07) is -2.25. The molecule has 0 aromatic heterocycles. The molecule has 0 aromatic rings. The molecule has 3 unspecified atom stereocenters. The second-order valence-electron chi connectivity index (χ2n) is 4.40. The molecule has 0 radical (unpaired) electrons. The van der Waals surface area contributed by atoms with Crippen LogP contribution in [0.4, 0.5) is 0 Å². The van der Waals surface area contributed by atoms with Gasteiger partial charge in [0.1, 0.15) is 18.6 Å². The number of carbonyl (C=O) groups excluding carboxylic acids is 3. The first-order valence-electron chi connectivity index (χ1n) is 6.30. The van der Waals surface area contributed by atoms with Gasteiger partial charge in [-0.3, -0.25) is 19.2 Å². The number of rotatable bonds is 9. The number of aliphatic hydroxyl groups is 1. The predicted molar refractivity (Wildman–Crippen MR) is 79.1 cm³/mol. The average molecular weight is 336 g/mol. The molecule has 22 heavy (non-hydrogen) atoms. The molecule has 0 aliphatic heterocycles. The summed E-state index contributed by atoms with van der Waals surface area (Å²) in [6.07, 6.45) is -1.09. The van der Waals surface area contributed by atoms with Gasteiger partial charge in [-0.15, -0.1) is 0 Å². The fourth-order valence-electron chi connectivity index (χ4n) is 1.21. The molecule has 7 N–H and O–H groups in total. The highest BCUT2D eigenvalue weighted by Crippen LogP contribution is 1.93. The van der Waals surface area contributed by atoms with Crippen LogP contribution in [0.5, 0.6) is 0 Å². The number of carboxylic acids is 1. The molecule has 3 atom stereocenters. The van der Waals surface area contributed by atoms with Crippen LogP contribution in [-0.4, -0.2) is 70.9 Å². The predicted octanol–water partition coefficient (Wildman–Crippen LogP) is -3.57. The van der Waals surface area contributed by atoms with E-state index in [2.05, 4.69) is 28.6 Å². The third-order valence-corrected chi connectivity index (χ3v) is 2.86. The SMILES string of the molecule is CC(O)C(N)C(=O)NC(CS)C(=O)NCC(=O)NCC(=O)O. The van der Waals surface area contributed by atoms with Gasteiger partial charge in [0.15, 0.2) is 0 Å². The first-order chi connectivity index (χ1) is 10.2.